The van der Waals surface area contributed by atoms with Crippen molar-refractivity contribution < 1.29 is 4.79 Å². The van der Waals surface area contributed by atoms with Gasteiger partial charge in [0.15, 0.2) is 0 Å². The summed E-state index contributed by atoms with van der Waals surface area (Å²) in [5.74, 6) is 0.789. The first-order valence-electron chi connectivity index (χ1n) is 5.65. The molecule has 0 atom stereocenters. The summed E-state index contributed by atoms with van der Waals surface area (Å²) in [4.78, 5) is 18.4. The number of carbonyl (C=O) groups is 1. The van der Waals surface area contributed by atoms with Crippen molar-refractivity contribution in [1.82, 2.24) is 10.2 Å². The lowest BCUT2D eigenvalue weighted by Gasteiger charge is -2.27. The average molecular weight is 248 g/mol. The van der Waals surface area contributed by atoms with E-state index in [9.17, 15) is 4.79 Å². The summed E-state index contributed by atoms with van der Waals surface area (Å²) in [6.07, 6.45) is 1.85. The van der Waals surface area contributed by atoms with Crippen molar-refractivity contribution in [2.24, 2.45) is 4.99 Å². The molecular formula is C12H10ClN3O. The van der Waals surface area contributed by atoms with Crippen LogP contribution in [0, 0.1) is 0 Å². The van der Waals surface area contributed by atoms with E-state index < -0.39 is 0 Å². The van der Waals surface area contributed by atoms with Crippen LogP contribution in [0.2, 0.25) is 5.02 Å². The summed E-state index contributed by atoms with van der Waals surface area (Å²) in [5.41, 5.74) is 1.68. The number of benzene rings is 1. The van der Waals surface area contributed by atoms with Crippen molar-refractivity contribution in [2.75, 3.05) is 0 Å². The van der Waals surface area contributed by atoms with Crippen LogP contribution in [0.3, 0.4) is 0 Å². The summed E-state index contributed by atoms with van der Waals surface area (Å²) in [5, 5.41) is 3.58. The van der Waals surface area contributed by atoms with Gasteiger partial charge in [0.1, 0.15) is 5.54 Å². The maximum Gasteiger partial charge on any atom is 0.252 e. The van der Waals surface area contributed by atoms with Crippen LogP contribution < -0.4 is 5.32 Å². The molecular weight excluding hydrogens is 238 g/mol. The number of rotatable bonds is 0. The van der Waals surface area contributed by atoms with E-state index >= 15 is 0 Å². The number of guanidine groups is 1. The molecule has 1 saturated carbocycles. The Kier molecular flexibility index (Phi) is 1.57. The van der Waals surface area contributed by atoms with Crippen molar-refractivity contribution in [3.63, 3.8) is 0 Å². The second-order valence-electron chi connectivity index (χ2n) is 4.78. The first-order valence-corrected chi connectivity index (χ1v) is 6.03. The average Bonchev–Trinajstić information content (AvgIpc) is 3.05. The Morgan fingerprint density at radius 3 is 3.00 bits per heavy atom. The summed E-state index contributed by atoms with van der Waals surface area (Å²) in [7, 11) is 0. The Morgan fingerprint density at radius 2 is 2.24 bits per heavy atom. The van der Waals surface area contributed by atoms with Gasteiger partial charge in [-0.2, -0.15) is 0 Å². The molecule has 2 aliphatic heterocycles. The Morgan fingerprint density at radius 1 is 1.41 bits per heavy atom. The normalized spacial score (nSPS) is 23.0. The molecule has 0 radical (unpaired) electrons. The fourth-order valence-corrected chi connectivity index (χ4v) is 2.81. The van der Waals surface area contributed by atoms with E-state index in [0.29, 0.717) is 17.5 Å². The number of nitrogens with zero attached hydrogens (tertiary/aromatic N) is 2. The molecule has 1 aromatic rings. The molecule has 0 aromatic heterocycles. The highest BCUT2D eigenvalue weighted by Crippen LogP contribution is 2.47. The van der Waals surface area contributed by atoms with E-state index in [1.807, 2.05) is 18.2 Å². The van der Waals surface area contributed by atoms with Crippen LogP contribution >= 0.6 is 11.6 Å². The first kappa shape index (κ1) is 9.48. The molecule has 17 heavy (non-hydrogen) atoms. The molecule has 1 saturated heterocycles. The minimum absolute atomic E-state index is 0.0927. The highest BCUT2D eigenvalue weighted by atomic mass is 35.5. The number of halogens is 1. The van der Waals surface area contributed by atoms with Gasteiger partial charge in [0, 0.05) is 11.6 Å². The third-order valence-electron chi connectivity index (χ3n) is 3.74. The van der Waals surface area contributed by atoms with Gasteiger partial charge < -0.3 is 4.90 Å². The molecule has 4 nitrogen and oxygen atoms in total. The monoisotopic (exact) mass is 247 g/mol. The van der Waals surface area contributed by atoms with Gasteiger partial charge in [-0.1, -0.05) is 11.6 Å². The Labute approximate surface area is 103 Å². The molecule has 1 aliphatic carbocycles. The van der Waals surface area contributed by atoms with Crippen LogP contribution in [-0.2, 0) is 11.3 Å². The van der Waals surface area contributed by atoms with Crippen molar-refractivity contribution >= 4 is 29.2 Å². The number of aliphatic imine (C=N–C) groups is 1. The number of nitrogens with one attached hydrogen (secondary N) is 1. The maximum absolute atomic E-state index is 11.9. The topological polar surface area (TPSA) is 44.7 Å². The Bertz CT molecular complexity index is 577. The van der Waals surface area contributed by atoms with Crippen molar-refractivity contribution in [3.8, 4) is 0 Å². The van der Waals surface area contributed by atoms with Crippen LogP contribution in [0.15, 0.2) is 23.2 Å². The molecule has 1 spiro atoms. The number of carbonyl (C=O) groups excluding carboxylic acids is 1. The van der Waals surface area contributed by atoms with Crippen LogP contribution in [0.4, 0.5) is 5.69 Å². The minimum atomic E-state index is -0.307. The van der Waals surface area contributed by atoms with E-state index in [1.54, 1.807) is 0 Å². The van der Waals surface area contributed by atoms with Gasteiger partial charge in [-0.05, 0) is 36.6 Å². The second kappa shape index (κ2) is 2.82. The summed E-state index contributed by atoms with van der Waals surface area (Å²) in [6, 6.07) is 5.64. The third kappa shape index (κ3) is 1.13. The van der Waals surface area contributed by atoms with E-state index in [-0.39, 0.29) is 11.4 Å². The fraction of sp³-hybridized carbons (Fsp3) is 0.333. The van der Waals surface area contributed by atoms with Gasteiger partial charge >= 0.3 is 0 Å². The zero-order valence-corrected chi connectivity index (χ0v) is 9.79. The standard InChI is InChI=1S/C12H10ClN3O/c13-8-1-2-9-7(5-8)6-16-11(14-9)15-10(17)12(16)3-4-12/h1-2,5H,3-4,6H2,(H,14,15,17). The molecule has 1 amide bonds. The van der Waals surface area contributed by atoms with Gasteiger partial charge in [-0.15, -0.1) is 0 Å². The molecule has 1 aromatic carbocycles. The highest BCUT2D eigenvalue weighted by Gasteiger charge is 2.61. The number of amides is 1. The number of hydrogen-bond acceptors (Lipinski definition) is 3. The minimum Gasteiger partial charge on any atom is -0.323 e. The smallest absolute Gasteiger partial charge is 0.252 e. The number of hydrogen-bond donors (Lipinski definition) is 1. The van der Waals surface area contributed by atoms with Crippen LogP contribution in [0.5, 0.6) is 0 Å². The number of fused-ring (bicyclic) bond motifs is 3. The fourth-order valence-electron chi connectivity index (χ4n) is 2.61. The molecule has 2 fully saturated rings. The lowest BCUT2D eigenvalue weighted by molar-refractivity contribution is -0.122. The Hall–Kier alpha value is -1.55. The molecule has 0 unspecified atom stereocenters. The Balaban J connectivity index is 1.84. The largest absolute Gasteiger partial charge is 0.323 e. The van der Waals surface area contributed by atoms with Gasteiger partial charge in [0.2, 0.25) is 5.96 Å². The van der Waals surface area contributed by atoms with Crippen LogP contribution in [0.1, 0.15) is 18.4 Å². The SMILES string of the molecule is O=C1NC2=Nc3ccc(Cl)cc3CN2C12CC2. The lowest BCUT2D eigenvalue weighted by Crippen LogP contribution is -2.38. The van der Waals surface area contributed by atoms with E-state index in [0.717, 1.165) is 24.1 Å². The zero-order chi connectivity index (χ0) is 11.6. The van der Waals surface area contributed by atoms with Crippen LogP contribution in [0.25, 0.3) is 0 Å². The van der Waals surface area contributed by atoms with Crippen LogP contribution in [-0.4, -0.2) is 22.3 Å². The molecule has 5 heteroatoms. The molecule has 2 heterocycles. The van der Waals surface area contributed by atoms with E-state index in [1.165, 1.54) is 0 Å². The van der Waals surface area contributed by atoms with Gasteiger partial charge in [0.25, 0.3) is 5.91 Å². The predicted molar refractivity (Wildman–Crippen MR) is 64.2 cm³/mol. The maximum atomic E-state index is 11.9. The molecule has 4 rings (SSSR count). The van der Waals surface area contributed by atoms with Gasteiger partial charge in [0.05, 0.1) is 5.69 Å². The molecule has 86 valence electrons. The van der Waals surface area contributed by atoms with Crippen molar-refractivity contribution in [2.45, 2.75) is 24.9 Å². The van der Waals surface area contributed by atoms with Crippen molar-refractivity contribution in [1.29, 1.82) is 0 Å². The third-order valence-corrected chi connectivity index (χ3v) is 3.98. The zero-order valence-electron chi connectivity index (χ0n) is 9.03. The van der Waals surface area contributed by atoms with Gasteiger partial charge in [-0.3, -0.25) is 10.1 Å². The summed E-state index contributed by atoms with van der Waals surface area (Å²) in [6.45, 7) is 0.716. The van der Waals surface area contributed by atoms with E-state index in [4.69, 9.17) is 11.6 Å². The highest BCUT2D eigenvalue weighted by molar-refractivity contribution is 6.30. The molecule has 3 aliphatic rings. The van der Waals surface area contributed by atoms with Crippen molar-refractivity contribution in [3.05, 3.63) is 28.8 Å². The first-order chi connectivity index (χ1) is 8.19. The second-order valence-corrected chi connectivity index (χ2v) is 5.22. The predicted octanol–water partition coefficient (Wildman–Crippen LogP) is 1.81. The van der Waals surface area contributed by atoms with Gasteiger partial charge in [-0.25, -0.2) is 4.99 Å². The summed E-state index contributed by atoms with van der Waals surface area (Å²) >= 11 is 5.99. The van der Waals surface area contributed by atoms with E-state index in [2.05, 4.69) is 15.2 Å². The molecule has 0 bridgehead atoms. The summed E-state index contributed by atoms with van der Waals surface area (Å²) < 4.78 is 0. The molecule has 1 N–H and O–H groups in total. The quantitative estimate of drug-likeness (QED) is 0.760. The lowest BCUT2D eigenvalue weighted by atomic mass is 10.1.